The normalized spacial score (nSPS) is 25.7. The van der Waals surface area contributed by atoms with Gasteiger partial charge in [-0.25, -0.2) is 4.98 Å². The molecule has 1 saturated carbocycles. The van der Waals surface area contributed by atoms with E-state index in [1.54, 1.807) is 27.5 Å². The molecule has 4 rings (SSSR count). The maximum atomic E-state index is 12.0. The predicted octanol–water partition coefficient (Wildman–Crippen LogP) is 2.63. The molecular formula is C23H31N3O5. The highest BCUT2D eigenvalue weighted by atomic mass is 16.5. The third kappa shape index (κ3) is 3.78. The molecule has 1 aliphatic carbocycles. The van der Waals surface area contributed by atoms with Gasteiger partial charge in [-0.05, 0) is 18.9 Å². The van der Waals surface area contributed by atoms with Crippen molar-refractivity contribution in [2.75, 3.05) is 41.5 Å². The molecular weight excluding hydrogens is 398 g/mol. The zero-order valence-corrected chi connectivity index (χ0v) is 18.6. The van der Waals surface area contributed by atoms with E-state index in [0.717, 1.165) is 56.0 Å². The van der Waals surface area contributed by atoms with Crippen molar-refractivity contribution < 1.29 is 24.1 Å². The van der Waals surface area contributed by atoms with Crippen LogP contribution in [0.5, 0.6) is 23.4 Å². The fourth-order valence-corrected chi connectivity index (χ4v) is 5.31. The van der Waals surface area contributed by atoms with Crippen LogP contribution in [0, 0.1) is 11.8 Å². The Morgan fingerprint density at radius 2 is 1.77 bits per heavy atom. The van der Waals surface area contributed by atoms with Gasteiger partial charge in [-0.1, -0.05) is 18.6 Å². The maximum absolute atomic E-state index is 12.0. The Kier molecular flexibility index (Phi) is 6.20. The molecule has 31 heavy (non-hydrogen) atoms. The Bertz CT molecular complexity index is 908. The van der Waals surface area contributed by atoms with Crippen molar-refractivity contribution in [2.45, 2.75) is 31.4 Å². The monoisotopic (exact) mass is 429 g/mol. The summed E-state index contributed by atoms with van der Waals surface area (Å²) in [6.07, 6.45) is 4.64. The van der Waals surface area contributed by atoms with Gasteiger partial charge in [-0.3, -0.25) is 4.90 Å². The molecule has 8 heteroatoms. The molecule has 1 aromatic carbocycles. The molecule has 2 aliphatic rings. The number of methoxy groups -OCH3 is 4. The Labute approximate surface area is 183 Å². The minimum Gasteiger partial charge on any atom is -0.493 e. The van der Waals surface area contributed by atoms with Crippen molar-refractivity contribution in [3.63, 3.8) is 0 Å². The lowest BCUT2D eigenvalue weighted by Gasteiger charge is -2.53. The lowest BCUT2D eigenvalue weighted by atomic mass is 9.63. The van der Waals surface area contributed by atoms with Gasteiger partial charge in [-0.2, -0.15) is 4.98 Å². The number of benzene rings is 1. The van der Waals surface area contributed by atoms with E-state index in [1.807, 2.05) is 12.1 Å². The van der Waals surface area contributed by atoms with Crippen molar-refractivity contribution >= 4 is 0 Å². The van der Waals surface area contributed by atoms with E-state index in [2.05, 4.69) is 20.9 Å². The molecule has 2 heterocycles. The second-order valence-electron chi connectivity index (χ2n) is 8.28. The van der Waals surface area contributed by atoms with Gasteiger partial charge in [0.1, 0.15) is 5.60 Å². The fraction of sp³-hybridized carbons (Fsp3) is 0.565. The van der Waals surface area contributed by atoms with E-state index >= 15 is 0 Å². The van der Waals surface area contributed by atoms with Crippen LogP contribution < -0.4 is 18.9 Å². The number of aromatic nitrogens is 2. The van der Waals surface area contributed by atoms with Crippen LogP contribution in [0.25, 0.3) is 0 Å². The number of hydrogen-bond donors (Lipinski definition) is 1. The summed E-state index contributed by atoms with van der Waals surface area (Å²) < 4.78 is 21.7. The summed E-state index contributed by atoms with van der Waals surface area (Å²) in [5.41, 5.74) is 0.713. The summed E-state index contributed by atoms with van der Waals surface area (Å²) in [7, 11) is 6.40. The summed E-state index contributed by atoms with van der Waals surface area (Å²) in [5, 5.41) is 12.0. The number of fused-ring (bicyclic) bond motifs is 2. The SMILES string of the molecule is COc1ncc(C2(O)[C@H]3CCC[C@H]2CN(Cc2cccc(OC)c2OC)C3)c(OC)n1. The summed E-state index contributed by atoms with van der Waals surface area (Å²) in [6, 6.07) is 6.19. The van der Waals surface area contributed by atoms with Crippen LogP contribution in [0.1, 0.15) is 30.4 Å². The standard InChI is InChI=1S/C23H31N3O5/c1-28-19-10-5-7-15(20(19)29-2)12-26-13-16-8-6-9-17(14-26)23(16,27)18-11-24-22(31-4)25-21(18)30-3/h5,7,10-11,16-17,27H,6,8-9,12-14H2,1-4H3/t16-,17-/m0/s1. The van der Waals surface area contributed by atoms with Gasteiger partial charge < -0.3 is 24.1 Å². The summed E-state index contributed by atoms with van der Waals surface area (Å²) >= 11 is 0. The number of rotatable bonds is 7. The number of aliphatic hydroxyl groups is 1. The van der Waals surface area contributed by atoms with Crippen LogP contribution in [0.15, 0.2) is 24.4 Å². The first-order valence-corrected chi connectivity index (χ1v) is 10.6. The van der Waals surface area contributed by atoms with E-state index in [-0.39, 0.29) is 17.8 Å². The maximum Gasteiger partial charge on any atom is 0.319 e. The topological polar surface area (TPSA) is 86.2 Å². The molecule has 2 fully saturated rings. The number of hydrogen-bond acceptors (Lipinski definition) is 8. The molecule has 0 spiro atoms. The smallest absolute Gasteiger partial charge is 0.319 e. The molecule has 168 valence electrons. The summed E-state index contributed by atoms with van der Waals surface area (Å²) in [5.74, 6) is 1.99. The largest absolute Gasteiger partial charge is 0.493 e. The van der Waals surface area contributed by atoms with E-state index in [9.17, 15) is 5.11 Å². The van der Waals surface area contributed by atoms with Crippen molar-refractivity contribution in [3.05, 3.63) is 35.5 Å². The van der Waals surface area contributed by atoms with Gasteiger partial charge in [0, 0.05) is 43.2 Å². The van der Waals surface area contributed by atoms with Crippen LogP contribution in [-0.4, -0.2) is 61.5 Å². The summed E-state index contributed by atoms with van der Waals surface area (Å²) in [6.45, 7) is 2.27. The first-order chi connectivity index (χ1) is 15.0. The molecule has 0 amide bonds. The molecule has 1 aromatic heterocycles. The van der Waals surface area contributed by atoms with Crippen LogP contribution in [0.4, 0.5) is 0 Å². The average molecular weight is 430 g/mol. The van der Waals surface area contributed by atoms with Crippen LogP contribution in [0.3, 0.4) is 0 Å². The Hall–Kier alpha value is -2.58. The van der Waals surface area contributed by atoms with Crippen molar-refractivity contribution in [2.24, 2.45) is 11.8 Å². The molecule has 2 aromatic rings. The molecule has 8 nitrogen and oxygen atoms in total. The molecule has 1 N–H and O–H groups in total. The van der Waals surface area contributed by atoms with Gasteiger partial charge in [-0.15, -0.1) is 0 Å². The van der Waals surface area contributed by atoms with Gasteiger partial charge in [0.15, 0.2) is 11.5 Å². The van der Waals surface area contributed by atoms with Crippen LogP contribution >= 0.6 is 0 Å². The highest BCUT2D eigenvalue weighted by molar-refractivity contribution is 5.46. The zero-order chi connectivity index (χ0) is 22.0. The van der Waals surface area contributed by atoms with Crippen molar-refractivity contribution in [1.29, 1.82) is 0 Å². The zero-order valence-electron chi connectivity index (χ0n) is 18.6. The van der Waals surface area contributed by atoms with E-state index in [4.69, 9.17) is 18.9 Å². The molecule has 0 unspecified atom stereocenters. The Morgan fingerprint density at radius 3 is 2.39 bits per heavy atom. The van der Waals surface area contributed by atoms with E-state index in [1.165, 1.54) is 7.11 Å². The molecule has 2 bridgehead atoms. The van der Waals surface area contributed by atoms with Crippen LogP contribution in [0.2, 0.25) is 0 Å². The first kappa shape index (κ1) is 21.6. The number of nitrogens with zero attached hydrogens (tertiary/aromatic N) is 3. The predicted molar refractivity (Wildman–Crippen MR) is 115 cm³/mol. The number of likely N-dealkylation sites (tertiary alicyclic amines) is 1. The minimum atomic E-state index is -1.02. The molecule has 0 radical (unpaired) electrons. The number of piperidine rings is 1. The first-order valence-electron chi connectivity index (χ1n) is 10.6. The van der Waals surface area contributed by atoms with E-state index in [0.29, 0.717) is 11.4 Å². The third-order valence-corrected chi connectivity index (χ3v) is 6.72. The molecule has 1 saturated heterocycles. The highest BCUT2D eigenvalue weighted by Crippen LogP contribution is 2.51. The quantitative estimate of drug-likeness (QED) is 0.719. The summed E-state index contributed by atoms with van der Waals surface area (Å²) in [4.78, 5) is 11.0. The average Bonchev–Trinajstić information content (AvgIpc) is 2.79. The Balaban J connectivity index is 1.62. The van der Waals surface area contributed by atoms with E-state index < -0.39 is 5.60 Å². The molecule has 2 atom stereocenters. The van der Waals surface area contributed by atoms with Crippen LogP contribution in [-0.2, 0) is 12.1 Å². The third-order valence-electron chi connectivity index (χ3n) is 6.72. The number of para-hydroxylation sites is 1. The van der Waals surface area contributed by atoms with Gasteiger partial charge in [0.05, 0.1) is 34.0 Å². The van der Waals surface area contributed by atoms with Crippen molar-refractivity contribution in [3.8, 4) is 23.4 Å². The number of ether oxygens (including phenoxy) is 4. The second kappa shape index (κ2) is 8.88. The second-order valence-corrected chi connectivity index (χ2v) is 8.28. The fourth-order valence-electron chi connectivity index (χ4n) is 5.31. The van der Waals surface area contributed by atoms with Gasteiger partial charge >= 0.3 is 6.01 Å². The van der Waals surface area contributed by atoms with Crippen molar-refractivity contribution in [1.82, 2.24) is 14.9 Å². The Morgan fingerprint density at radius 1 is 1.03 bits per heavy atom. The van der Waals surface area contributed by atoms with Gasteiger partial charge in [0.2, 0.25) is 5.88 Å². The minimum absolute atomic E-state index is 0.0579. The highest BCUT2D eigenvalue weighted by Gasteiger charge is 2.53. The molecule has 1 aliphatic heterocycles. The lowest BCUT2D eigenvalue weighted by Crippen LogP contribution is -2.58. The lowest BCUT2D eigenvalue weighted by molar-refractivity contribution is -0.149. The van der Waals surface area contributed by atoms with Gasteiger partial charge in [0.25, 0.3) is 0 Å².